The first kappa shape index (κ1) is 15.0. The fourth-order valence-corrected chi connectivity index (χ4v) is 4.33. The maximum Gasteiger partial charge on any atom is 0.241 e. The lowest BCUT2D eigenvalue weighted by Gasteiger charge is -2.14. The first-order chi connectivity index (χ1) is 9.09. The molecule has 0 aromatic heterocycles. The summed E-state index contributed by atoms with van der Waals surface area (Å²) in [5, 5.41) is 0. The Bertz CT molecular complexity index is 513. The molecule has 6 heteroatoms. The second-order valence-electron chi connectivity index (χ2n) is 4.73. The highest BCUT2D eigenvalue weighted by atomic mass is 79.9. The number of rotatable bonds is 6. The molecule has 4 nitrogen and oxygen atoms in total. The average molecular weight is 347 g/mol. The van der Waals surface area contributed by atoms with Crippen LogP contribution in [0.4, 0.5) is 0 Å². The molecule has 0 unspecified atom stereocenters. The van der Waals surface area contributed by atoms with Crippen LogP contribution in [-0.2, 0) is 10.0 Å². The standard InChI is InChI=1S/C13H19BrN2O2S/c14-12-6-1-2-7-13(12)19(17,18)15-8-5-11-16-9-3-4-10-16/h1-2,6-7,15H,3-5,8-11H2. The van der Waals surface area contributed by atoms with Crippen molar-refractivity contribution >= 4 is 26.0 Å². The Labute approximate surface area is 123 Å². The van der Waals surface area contributed by atoms with Crippen molar-refractivity contribution in [1.29, 1.82) is 0 Å². The molecule has 0 amide bonds. The number of hydrogen-bond donors (Lipinski definition) is 1. The Hall–Kier alpha value is -0.430. The third kappa shape index (κ3) is 4.27. The largest absolute Gasteiger partial charge is 0.303 e. The van der Waals surface area contributed by atoms with Crippen molar-refractivity contribution in [1.82, 2.24) is 9.62 Å². The van der Waals surface area contributed by atoms with Crippen LogP contribution < -0.4 is 4.72 Å². The van der Waals surface area contributed by atoms with Crippen molar-refractivity contribution in [3.05, 3.63) is 28.7 Å². The summed E-state index contributed by atoms with van der Waals surface area (Å²) in [7, 11) is -3.40. The highest BCUT2D eigenvalue weighted by molar-refractivity contribution is 9.10. The fraction of sp³-hybridized carbons (Fsp3) is 0.538. The minimum absolute atomic E-state index is 0.302. The molecule has 1 aliphatic heterocycles. The SMILES string of the molecule is O=S(=O)(NCCCN1CCCC1)c1ccccc1Br. The van der Waals surface area contributed by atoms with E-state index in [0.29, 0.717) is 15.9 Å². The second-order valence-corrected chi connectivity index (χ2v) is 7.32. The molecule has 1 fully saturated rings. The van der Waals surface area contributed by atoms with Crippen molar-refractivity contribution < 1.29 is 8.42 Å². The minimum atomic E-state index is -3.40. The molecule has 1 aromatic rings. The lowest BCUT2D eigenvalue weighted by atomic mass is 10.4. The molecular formula is C13H19BrN2O2S. The van der Waals surface area contributed by atoms with Gasteiger partial charge in [0.1, 0.15) is 0 Å². The third-order valence-electron chi connectivity index (χ3n) is 3.27. The van der Waals surface area contributed by atoms with Crippen LogP contribution in [-0.4, -0.2) is 39.5 Å². The topological polar surface area (TPSA) is 49.4 Å². The summed E-state index contributed by atoms with van der Waals surface area (Å²) < 4.78 is 27.4. The number of nitrogens with zero attached hydrogens (tertiary/aromatic N) is 1. The highest BCUT2D eigenvalue weighted by Crippen LogP contribution is 2.20. The predicted molar refractivity (Wildman–Crippen MR) is 79.6 cm³/mol. The van der Waals surface area contributed by atoms with E-state index in [4.69, 9.17) is 0 Å². The molecule has 0 spiro atoms. The van der Waals surface area contributed by atoms with E-state index in [1.54, 1.807) is 24.3 Å². The summed E-state index contributed by atoms with van der Waals surface area (Å²) in [4.78, 5) is 2.68. The van der Waals surface area contributed by atoms with Gasteiger partial charge in [-0.2, -0.15) is 0 Å². The monoisotopic (exact) mass is 346 g/mol. The Balaban J connectivity index is 1.82. The Morgan fingerprint density at radius 3 is 2.58 bits per heavy atom. The van der Waals surface area contributed by atoms with E-state index in [2.05, 4.69) is 25.6 Å². The molecular weight excluding hydrogens is 328 g/mol. The van der Waals surface area contributed by atoms with Crippen LogP contribution in [0.15, 0.2) is 33.6 Å². The van der Waals surface area contributed by atoms with Gasteiger partial charge in [-0.05, 0) is 67.0 Å². The first-order valence-corrected chi connectivity index (χ1v) is 8.84. The summed E-state index contributed by atoms with van der Waals surface area (Å²) in [6, 6.07) is 6.87. The Morgan fingerprint density at radius 2 is 1.89 bits per heavy atom. The van der Waals surface area contributed by atoms with Crippen molar-refractivity contribution in [3.8, 4) is 0 Å². The maximum absolute atomic E-state index is 12.1. The zero-order valence-electron chi connectivity index (χ0n) is 10.8. The van der Waals surface area contributed by atoms with E-state index < -0.39 is 10.0 Å². The number of halogens is 1. The van der Waals surface area contributed by atoms with Gasteiger partial charge in [0.05, 0.1) is 4.90 Å². The summed E-state index contributed by atoms with van der Waals surface area (Å²) in [5.41, 5.74) is 0. The minimum Gasteiger partial charge on any atom is -0.303 e. The van der Waals surface area contributed by atoms with Crippen molar-refractivity contribution in [2.75, 3.05) is 26.2 Å². The van der Waals surface area contributed by atoms with Crippen LogP contribution in [0.5, 0.6) is 0 Å². The molecule has 1 aromatic carbocycles. The van der Waals surface area contributed by atoms with Crippen LogP contribution in [0.3, 0.4) is 0 Å². The Kier molecular flexibility index (Phi) is 5.38. The number of likely N-dealkylation sites (tertiary alicyclic amines) is 1. The molecule has 19 heavy (non-hydrogen) atoms. The molecule has 0 radical (unpaired) electrons. The number of benzene rings is 1. The van der Waals surface area contributed by atoms with Crippen LogP contribution in [0.2, 0.25) is 0 Å². The normalized spacial score (nSPS) is 16.9. The molecule has 0 atom stereocenters. The van der Waals surface area contributed by atoms with E-state index in [9.17, 15) is 8.42 Å². The van der Waals surface area contributed by atoms with Crippen molar-refractivity contribution in [2.45, 2.75) is 24.2 Å². The summed E-state index contributed by atoms with van der Waals surface area (Å²) in [6.45, 7) is 3.76. The second kappa shape index (κ2) is 6.83. The molecule has 0 bridgehead atoms. The van der Waals surface area contributed by atoms with Gasteiger partial charge in [0.15, 0.2) is 0 Å². The van der Waals surface area contributed by atoms with Gasteiger partial charge in [-0.25, -0.2) is 13.1 Å². The summed E-state index contributed by atoms with van der Waals surface area (Å²) in [5.74, 6) is 0. The quantitative estimate of drug-likeness (QED) is 0.803. The molecule has 106 valence electrons. The van der Waals surface area contributed by atoms with E-state index in [1.165, 1.54) is 12.8 Å². The molecule has 1 N–H and O–H groups in total. The van der Waals surface area contributed by atoms with Gasteiger partial charge >= 0.3 is 0 Å². The van der Waals surface area contributed by atoms with E-state index in [0.717, 1.165) is 26.1 Å². The molecule has 2 rings (SSSR count). The van der Waals surface area contributed by atoms with Crippen LogP contribution in [0.1, 0.15) is 19.3 Å². The molecule has 1 heterocycles. The Morgan fingerprint density at radius 1 is 1.21 bits per heavy atom. The van der Waals surface area contributed by atoms with Crippen LogP contribution in [0.25, 0.3) is 0 Å². The number of nitrogens with one attached hydrogen (secondary N) is 1. The van der Waals surface area contributed by atoms with Gasteiger partial charge in [-0.15, -0.1) is 0 Å². The van der Waals surface area contributed by atoms with E-state index in [-0.39, 0.29) is 0 Å². The highest BCUT2D eigenvalue weighted by Gasteiger charge is 2.16. The number of hydrogen-bond acceptors (Lipinski definition) is 3. The van der Waals surface area contributed by atoms with Crippen molar-refractivity contribution in [3.63, 3.8) is 0 Å². The van der Waals surface area contributed by atoms with Gasteiger partial charge < -0.3 is 4.90 Å². The molecule has 1 saturated heterocycles. The van der Waals surface area contributed by atoms with Gasteiger partial charge in [0.25, 0.3) is 0 Å². The van der Waals surface area contributed by atoms with Gasteiger partial charge in [0.2, 0.25) is 10.0 Å². The van der Waals surface area contributed by atoms with E-state index >= 15 is 0 Å². The predicted octanol–water partition coefficient (Wildman–Crippen LogP) is 2.21. The zero-order chi connectivity index (χ0) is 13.7. The zero-order valence-corrected chi connectivity index (χ0v) is 13.2. The first-order valence-electron chi connectivity index (χ1n) is 6.56. The third-order valence-corrected chi connectivity index (χ3v) is 5.74. The summed E-state index contributed by atoms with van der Waals surface area (Å²) >= 11 is 3.27. The average Bonchev–Trinajstić information content (AvgIpc) is 2.88. The smallest absolute Gasteiger partial charge is 0.241 e. The van der Waals surface area contributed by atoms with Crippen molar-refractivity contribution in [2.24, 2.45) is 0 Å². The fourth-order valence-electron chi connectivity index (χ4n) is 2.26. The molecule has 0 aliphatic carbocycles. The molecule has 1 aliphatic rings. The lowest BCUT2D eigenvalue weighted by Crippen LogP contribution is -2.29. The molecule has 0 saturated carbocycles. The van der Waals surface area contributed by atoms with Crippen LogP contribution >= 0.6 is 15.9 Å². The lowest BCUT2D eigenvalue weighted by molar-refractivity contribution is 0.334. The van der Waals surface area contributed by atoms with Gasteiger partial charge in [-0.1, -0.05) is 12.1 Å². The summed E-state index contributed by atoms with van der Waals surface area (Å²) in [6.07, 6.45) is 3.38. The number of sulfonamides is 1. The van der Waals surface area contributed by atoms with Crippen LogP contribution in [0, 0.1) is 0 Å². The van der Waals surface area contributed by atoms with Gasteiger partial charge in [-0.3, -0.25) is 0 Å². The van der Waals surface area contributed by atoms with Gasteiger partial charge in [0, 0.05) is 11.0 Å². The maximum atomic E-state index is 12.1. The van der Waals surface area contributed by atoms with E-state index in [1.807, 2.05) is 0 Å².